The summed E-state index contributed by atoms with van der Waals surface area (Å²) in [5.41, 5.74) is 3.42. The number of hydrogen-bond donors (Lipinski definition) is 1. The molecule has 0 saturated carbocycles. The minimum absolute atomic E-state index is 0.163. The lowest BCUT2D eigenvalue weighted by atomic mass is 10.1. The van der Waals surface area contributed by atoms with Gasteiger partial charge >= 0.3 is 0 Å². The van der Waals surface area contributed by atoms with E-state index in [1.54, 1.807) is 13.2 Å². The average Bonchev–Trinajstić information content (AvgIpc) is 2.41. The van der Waals surface area contributed by atoms with Crippen LogP contribution in [0, 0.1) is 13.8 Å². The number of amides is 1. The van der Waals surface area contributed by atoms with E-state index in [2.05, 4.69) is 5.32 Å². The van der Waals surface area contributed by atoms with Crippen LogP contribution in [0.5, 0.6) is 5.75 Å². The lowest BCUT2D eigenvalue weighted by Gasteiger charge is -2.11. The Kier molecular flexibility index (Phi) is 3.85. The van der Waals surface area contributed by atoms with Gasteiger partial charge in [0.15, 0.2) is 0 Å². The summed E-state index contributed by atoms with van der Waals surface area (Å²) in [5.74, 6) is 0.455. The summed E-state index contributed by atoms with van der Waals surface area (Å²) in [4.78, 5) is 12.2. The molecular formula is C16H17NO2. The Hall–Kier alpha value is -2.29. The summed E-state index contributed by atoms with van der Waals surface area (Å²) in [7, 11) is 1.57. The van der Waals surface area contributed by atoms with Gasteiger partial charge in [-0.2, -0.15) is 0 Å². The fraction of sp³-hybridized carbons (Fsp3) is 0.188. The molecule has 0 aliphatic heterocycles. The van der Waals surface area contributed by atoms with E-state index in [9.17, 15) is 4.79 Å². The minimum atomic E-state index is -0.163. The molecule has 0 saturated heterocycles. The van der Waals surface area contributed by atoms with E-state index in [0.717, 1.165) is 16.8 Å². The number of hydrogen-bond acceptors (Lipinski definition) is 2. The van der Waals surface area contributed by atoms with Crippen molar-refractivity contribution in [1.82, 2.24) is 0 Å². The molecule has 0 fully saturated rings. The van der Waals surface area contributed by atoms with E-state index < -0.39 is 0 Å². The number of rotatable bonds is 3. The van der Waals surface area contributed by atoms with Crippen LogP contribution < -0.4 is 10.1 Å². The summed E-state index contributed by atoms with van der Waals surface area (Å²) in [6, 6.07) is 13.2. The molecule has 0 spiro atoms. The molecule has 1 N–H and O–H groups in total. The van der Waals surface area contributed by atoms with Crippen LogP contribution in [-0.4, -0.2) is 13.0 Å². The molecule has 0 bridgehead atoms. The van der Waals surface area contributed by atoms with E-state index >= 15 is 0 Å². The number of carbonyl (C=O) groups excluding carboxylic acids is 1. The second-order valence-corrected chi connectivity index (χ2v) is 4.48. The number of anilines is 1. The van der Waals surface area contributed by atoms with Gasteiger partial charge in [0.25, 0.3) is 5.91 Å². The molecule has 0 aliphatic rings. The SMILES string of the molecule is COc1c(C)cccc1C(=O)Nc1ccc(C)cc1. The van der Waals surface area contributed by atoms with Gasteiger partial charge in [0.05, 0.1) is 12.7 Å². The van der Waals surface area contributed by atoms with Crippen LogP contribution in [0.15, 0.2) is 42.5 Å². The zero-order valence-electron chi connectivity index (χ0n) is 11.4. The van der Waals surface area contributed by atoms with Crippen molar-refractivity contribution < 1.29 is 9.53 Å². The number of carbonyl (C=O) groups is 1. The van der Waals surface area contributed by atoms with Gasteiger partial charge in [-0.1, -0.05) is 29.8 Å². The molecule has 0 unspecified atom stereocenters. The van der Waals surface area contributed by atoms with Crippen molar-refractivity contribution in [3.8, 4) is 5.75 Å². The van der Waals surface area contributed by atoms with Crippen molar-refractivity contribution in [2.24, 2.45) is 0 Å². The monoisotopic (exact) mass is 255 g/mol. The number of para-hydroxylation sites is 1. The molecule has 98 valence electrons. The Morgan fingerprint density at radius 3 is 2.37 bits per heavy atom. The first kappa shape index (κ1) is 13.1. The molecule has 0 radical (unpaired) electrons. The third-order valence-corrected chi connectivity index (χ3v) is 2.97. The van der Waals surface area contributed by atoms with E-state index in [4.69, 9.17) is 4.74 Å². The molecule has 0 atom stereocenters. The van der Waals surface area contributed by atoms with Crippen LogP contribution in [0.25, 0.3) is 0 Å². The van der Waals surface area contributed by atoms with Crippen molar-refractivity contribution >= 4 is 11.6 Å². The molecule has 2 aromatic carbocycles. The van der Waals surface area contributed by atoms with Crippen LogP contribution in [0.3, 0.4) is 0 Å². The summed E-state index contributed by atoms with van der Waals surface area (Å²) < 4.78 is 5.29. The minimum Gasteiger partial charge on any atom is -0.496 e. The largest absolute Gasteiger partial charge is 0.496 e. The van der Waals surface area contributed by atoms with Crippen LogP contribution in [-0.2, 0) is 0 Å². The Bertz CT molecular complexity index is 588. The molecule has 0 aromatic heterocycles. The molecule has 3 heteroatoms. The summed E-state index contributed by atoms with van der Waals surface area (Å²) in [6.45, 7) is 3.93. The van der Waals surface area contributed by atoms with Crippen molar-refractivity contribution in [2.75, 3.05) is 12.4 Å². The first-order valence-electron chi connectivity index (χ1n) is 6.13. The molecule has 0 aliphatic carbocycles. The first-order chi connectivity index (χ1) is 9.11. The van der Waals surface area contributed by atoms with Gasteiger partial charge in [-0.3, -0.25) is 4.79 Å². The van der Waals surface area contributed by atoms with Gasteiger partial charge in [0, 0.05) is 5.69 Å². The third kappa shape index (κ3) is 2.94. The highest BCUT2D eigenvalue weighted by Crippen LogP contribution is 2.24. The fourth-order valence-corrected chi connectivity index (χ4v) is 1.94. The third-order valence-electron chi connectivity index (χ3n) is 2.97. The molecule has 2 rings (SSSR count). The summed E-state index contributed by atoms with van der Waals surface area (Å²) in [5, 5.41) is 2.87. The Morgan fingerprint density at radius 2 is 1.74 bits per heavy atom. The number of aryl methyl sites for hydroxylation is 2. The zero-order chi connectivity index (χ0) is 13.8. The molecular weight excluding hydrogens is 238 g/mol. The van der Waals surface area contributed by atoms with Gasteiger partial charge in [-0.25, -0.2) is 0 Å². The van der Waals surface area contributed by atoms with Gasteiger partial charge in [-0.15, -0.1) is 0 Å². The molecule has 2 aromatic rings. The first-order valence-corrected chi connectivity index (χ1v) is 6.13. The van der Waals surface area contributed by atoms with E-state index in [1.807, 2.05) is 50.2 Å². The van der Waals surface area contributed by atoms with E-state index in [1.165, 1.54) is 0 Å². The Balaban J connectivity index is 2.25. The second-order valence-electron chi connectivity index (χ2n) is 4.48. The van der Waals surface area contributed by atoms with Crippen LogP contribution in [0.1, 0.15) is 21.5 Å². The van der Waals surface area contributed by atoms with Crippen LogP contribution in [0.2, 0.25) is 0 Å². The summed E-state index contributed by atoms with van der Waals surface area (Å²) >= 11 is 0. The average molecular weight is 255 g/mol. The molecule has 3 nitrogen and oxygen atoms in total. The Morgan fingerprint density at radius 1 is 1.05 bits per heavy atom. The van der Waals surface area contributed by atoms with Crippen molar-refractivity contribution in [3.05, 3.63) is 59.2 Å². The molecule has 0 heterocycles. The van der Waals surface area contributed by atoms with Crippen molar-refractivity contribution in [3.63, 3.8) is 0 Å². The normalized spacial score (nSPS) is 10.1. The van der Waals surface area contributed by atoms with Gasteiger partial charge in [0.2, 0.25) is 0 Å². The van der Waals surface area contributed by atoms with Gasteiger partial charge < -0.3 is 10.1 Å². The number of methoxy groups -OCH3 is 1. The topological polar surface area (TPSA) is 38.3 Å². The van der Waals surface area contributed by atoms with Crippen molar-refractivity contribution in [1.29, 1.82) is 0 Å². The number of benzene rings is 2. The zero-order valence-corrected chi connectivity index (χ0v) is 11.4. The molecule has 19 heavy (non-hydrogen) atoms. The molecule has 1 amide bonds. The fourth-order valence-electron chi connectivity index (χ4n) is 1.94. The highest BCUT2D eigenvalue weighted by atomic mass is 16.5. The quantitative estimate of drug-likeness (QED) is 0.910. The lowest BCUT2D eigenvalue weighted by molar-refractivity contribution is 0.102. The standard InChI is InChI=1S/C16H17NO2/c1-11-7-9-13(10-8-11)17-16(18)14-6-4-5-12(2)15(14)19-3/h4-10H,1-3H3,(H,17,18). The van der Waals surface area contributed by atoms with Crippen LogP contribution >= 0.6 is 0 Å². The van der Waals surface area contributed by atoms with Crippen molar-refractivity contribution in [2.45, 2.75) is 13.8 Å². The maximum absolute atomic E-state index is 12.2. The number of ether oxygens (including phenoxy) is 1. The second kappa shape index (κ2) is 5.57. The Labute approximate surface area is 113 Å². The van der Waals surface area contributed by atoms with Gasteiger partial charge in [0.1, 0.15) is 5.75 Å². The highest BCUT2D eigenvalue weighted by Gasteiger charge is 2.13. The van der Waals surface area contributed by atoms with E-state index in [-0.39, 0.29) is 5.91 Å². The highest BCUT2D eigenvalue weighted by molar-refractivity contribution is 6.06. The van der Waals surface area contributed by atoms with Crippen LogP contribution in [0.4, 0.5) is 5.69 Å². The summed E-state index contributed by atoms with van der Waals surface area (Å²) in [6.07, 6.45) is 0. The lowest BCUT2D eigenvalue weighted by Crippen LogP contribution is -2.13. The smallest absolute Gasteiger partial charge is 0.259 e. The predicted molar refractivity (Wildman–Crippen MR) is 76.9 cm³/mol. The maximum atomic E-state index is 12.2. The number of nitrogens with one attached hydrogen (secondary N) is 1. The predicted octanol–water partition coefficient (Wildman–Crippen LogP) is 3.56. The van der Waals surface area contributed by atoms with E-state index in [0.29, 0.717) is 11.3 Å². The maximum Gasteiger partial charge on any atom is 0.259 e. The van der Waals surface area contributed by atoms with Gasteiger partial charge in [-0.05, 0) is 37.6 Å².